The van der Waals surface area contributed by atoms with Gasteiger partial charge in [-0.25, -0.2) is 4.98 Å². The zero-order valence-electron chi connectivity index (χ0n) is 23.7. The summed E-state index contributed by atoms with van der Waals surface area (Å²) in [5, 5.41) is 0. The summed E-state index contributed by atoms with van der Waals surface area (Å²) >= 11 is 0. The first kappa shape index (κ1) is 28.5. The van der Waals surface area contributed by atoms with Crippen molar-refractivity contribution in [2.75, 3.05) is 46.4 Å². The number of hydrogen-bond acceptors (Lipinski definition) is 6. The lowest BCUT2D eigenvalue weighted by atomic mass is 10.0. The van der Waals surface area contributed by atoms with E-state index < -0.39 is 0 Å². The van der Waals surface area contributed by atoms with Crippen molar-refractivity contribution in [3.63, 3.8) is 0 Å². The van der Waals surface area contributed by atoms with Crippen LogP contribution in [0, 0.1) is 0 Å². The van der Waals surface area contributed by atoms with Crippen molar-refractivity contribution in [1.29, 1.82) is 0 Å². The molecular weight excluding hydrogens is 516 g/mol. The Hall–Kier alpha value is -4.04. The van der Waals surface area contributed by atoms with Gasteiger partial charge in [-0.05, 0) is 31.4 Å². The number of amides is 2. The van der Waals surface area contributed by atoms with Gasteiger partial charge >= 0.3 is 5.97 Å². The van der Waals surface area contributed by atoms with Gasteiger partial charge in [0.1, 0.15) is 0 Å². The quantitative estimate of drug-likeness (QED) is 0.381. The molecule has 0 spiro atoms. The Bertz CT molecular complexity index is 1270. The lowest BCUT2D eigenvalue weighted by Crippen LogP contribution is -2.54. The average Bonchev–Trinajstić information content (AvgIpc) is 3.05. The third kappa shape index (κ3) is 7.19. The van der Waals surface area contributed by atoms with Crippen LogP contribution in [-0.2, 0) is 14.3 Å². The van der Waals surface area contributed by atoms with Crippen molar-refractivity contribution < 1.29 is 19.1 Å². The molecule has 0 radical (unpaired) electrons. The van der Waals surface area contributed by atoms with Gasteiger partial charge in [0.05, 0.1) is 18.5 Å². The largest absolute Gasteiger partial charge is 0.469 e. The molecule has 1 aromatic heterocycles. The minimum absolute atomic E-state index is 0.0359. The van der Waals surface area contributed by atoms with E-state index in [4.69, 9.17) is 4.98 Å². The Morgan fingerprint density at radius 3 is 1.85 bits per heavy atom. The van der Waals surface area contributed by atoms with Gasteiger partial charge in [0.15, 0.2) is 0 Å². The molecule has 2 fully saturated rings. The number of carbonyl (C=O) groups is 3. The summed E-state index contributed by atoms with van der Waals surface area (Å²) < 4.78 is 4.66. The number of rotatable bonds is 8. The lowest BCUT2D eigenvalue weighted by molar-refractivity contribution is -0.141. The average molecular weight is 555 g/mol. The molecule has 0 unspecified atom stereocenters. The second-order valence-electron chi connectivity index (χ2n) is 10.7. The van der Waals surface area contributed by atoms with Gasteiger partial charge < -0.3 is 14.5 Å². The highest BCUT2D eigenvalue weighted by Crippen LogP contribution is 2.26. The molecule has 2 aliphatic heterocycles. The van der Waals surface area contributed by atoms with E-state index in [1.165, 1.54) is 7.11 Å². The molecule has 5 rings (SSSR count). The highest BCUT2D eigenvalue weighted by Gasteiger charge is 2.30. The Morgan fingerprint density at radius 1 is 0.756 bits per heavy atom. The molecule has 41 heavy (non-hydrogen) atoms. The molecule has 2 saturated heterocycles. The van der Waals surface area contributed by atoms with Gasteiger partial charge in [0.2, 0.25) is 5.91 Å². The molecule has 8 heteroatoms. The number of aromatic nitrogens is 1. The number of likely N-dealkylation sites (tertiary alicyclic amines) is 1. The molecule has 3 aromatic rings. The van der Waals surface area contributed by atoms with Crippen LogP contribution >= 0.6 is 0 Å². The van der Waals surface area contributed by atoms with Crippen molar-refractivity contribution in [2.24, 2.45) is 0 Å². The molecule has 0 saturated carbocycles. The predicted octanol–water partition coefficient (Wildman–Crippen LogP) is 4.51. The van der Waals surface area contributed by atoms with Gasteiger partial charge in [0.25, 0.3) is 5.91 Å². The zero-order valence-corrected chi connectivity index (χ0v) is 23.7. The molecule has 214 valence electrons. The van der Waals surface area contributed by atoms with E-state index >= 15 is 0 Å². The Kier molecular flexibility index (Phi) is 9.41. The van der Waals surface area contributed by atoms with Gasteiger partial charge in [-0.1, -0.05) is 60.7 Å². The van der Waals surface area contributed by atoms with Crippen LogP contribution in [0.25, 0.3) is 22.5 Å². The molecule has 2 aliphatic rings. The molecule has 3 heterocycles. The summed E-state index contributed by atoms with van der Waals surface area (Å²) in [7, 11) is 1.37. The number of piperidine rings is 1. The lowest BCUT2D eigenvalue weighted by Gasteiger charge is -2.42. The number of piperazine rings is 1. The van der Waals surface area contributed by atoms with Gasteiger partial charge in [-0.15, -0.1) is 0 Å². The van der Waals surface area contributed by atoms with E-state index in [-0.39, 0.29) is 24.2 Å². The number of methoxy groups -OCH3 is 1. The van der Waals surface area contributed by atoms with Crippen LogP contribution in [0.5, 0.6) is 0 Å². The summed E-state index contributed by atoms with van der Waals surface area (Å²) in [6.45, 7) is 4.48. The molecule has 0 atom stereocenters. The fourth-order valence-corrected chi connectivity index (χ4v) is 5.76. The van der Waals surface area contributed by atoms with Crippen LogP contribution in [0.2, 0.25) is 0 Å². The van der Waals surface area contributed by atoms with Crippen LogP contribution in [0.4, 0.5) is 0 Å². The number of hydrogen-bond donors (Lipinski definition) is 0. The first-order valence-corrected chi connectivity index (χ1v) is 14.5. The normalized spacial score (nSPS) is 16.4. The van der Waals surface area contributed by atoms with Crippen molar-refractivity contribution in [3.05, 3.63) is 78.4 Å². The van der Waals surface area contributed by atoms with Crippen molar-refractivity contribution >= 4 is 17.8 Å². The smallest absolute Gasteiger partial charge is 0.305 e. The van der Waals surface area contributed by atoms with Crippen LogP contribution in [0.15, 0.2) is 72.8 Å². The fraction of sp³-hybridized carbons (Fsp3) is 0.394. The molecule has 0 bridgehead atoms. The van der Waals surface area contributed by atoms with E-state index in [1.807, 2.05) is 82.6 Å². The first-order valence-electron chi connectivity index (χ1n) is 14.5. The minimum Gasteiger partial charge on any atom is -0.469 e. The number of nitrogens with zero attached hydrogens (tertiary/aromatic N) is 4. The first-order chi connectivity index (χ1) is 20.0. The van der Waals surface area contributed by atoms with Gasteiger partial charge in [0, 0.05) is 74.8 Å². The predicted molar refractivity (Wildman–Crippen MR) is 158 cm³/mol. The van der Waals surface area contributed by atoms with E-state index in [2.05, 4.69) is 9.64 Å². The van der Waals surface area contributed by atoms with E-state index in [9.17, 15) is 14.4 Å². The Morgan fingerprint density at radius 2 is 1.32 bits per heavy atom. The maximum atomic E-state index is 13.7. The van der Waals surface area contributed by atoms with E-state index in [0.717, 1.165) is 61.5 Å². The standard InChI is InChI=1S/C33H38N4O4/c1-41-32(39)14-8-13-31(38)36-17-15-28(16-18-36)35-19-21-37(22-20-35)33(40)27-23-29(25-9-4-2-5-10-25)34-30(24-27)26-11-6-3-7-12-26/h2-7,9-12,23-24,28H,8,13-22H2,1H3. The summed E-state index contributed by atoms with van der Waals surface area (Å²) in [5.41, 5.74) is 4.21. The number of ether oxygens (including phenoxy) is 1. The number of carbonyl (C=O) groups excluding carboxylic acids is 3. The number of pyridine rings is 1. The fourth-order valence-electron chi connectivity index (χ4n) is 5.76. The molecule has 0 N–H and O–H groups in total. The molecule has 0 aliphatic carbocycles. The maximum Gasteiger partial charge on any atom is 0.305 e. The van der Waals surface area contributed by atoms with Gasteiger partial charge in [-0.3, -0.25) is 19.3 Å². The monoisotopic (exact) mass is 554 g/mol. The van der Waals surface area contributed by atoms with Crippen LogP contribution in [0.3, 0.4) is 0 Å². The van der Waals surface area contributed by atoms with Crippen molar-refractivity contribution in [1.82, 2.24) is 19.7 Å². The SMILES string of the molecule is COC(=O)CCCC(=O)N1CCC(N2CCN(C(=O)c3cc(-c4ccccc4)nc(-c4ccccc4)c3)CC2)CC1. The summed E-state index contributed by atoms with van der Waals surface area (Å²) in [4.78, 5) is 48.8. The number of benzene rings is 2. The molecule has 8 nitrogen and oxygen atoms in total. The Labute approximate surface area is 241 Å². The van der Waals surface area contributed by atoms with Gasteiger partial charge in [-0.2, -0.15) is 0 Å². The van der Waals surface area contributed by atoms with E-state index in [1.54, 1.807) is 0 Å². The third-order valence-corrected chi connectivity index (χ3v) is 8.15. The second-order valence-corrected chi connectivity index (χ2v) is 10.7. The van der Waals surface area contributed by atoms with Crippen LogP contribution in [-0.4, -0.2) is 89.9 Å². The molecule has 2 amide bonds. The van der Waals surface area contributed by atoms with E-state index in [0.29, 0.717) is 37.5 Å². The zero-order chi connectivity index (χ0) is 28.6. The third-order valence-electron chi connectivity index (χ3n) is 8.15. The van der Waals surface area contributed by atoms with Crippen LogP contribution < -0.4 is 0 Å². The minimum atomic E-state index is -0.272. The topological polar surface area (TPSA) is 83.1 Å². The summed E-state index contributed by atoms with van der Waals surface area (Å²) in [6, 6.07) is 24.2. The van der Waals surface area contributed by atoms with Crippen LogP contribution in [0.1, 0.15) is 42.5 Å². The van der Waals surface area contributed by atoms with Crippen molar-refractivity contribution in [2.45, 2.75) is 38.1 Å². The maximum absolute atomic E-state index is 13.7. The summed E-state index contributed by atoms with van der Waals surface area (Å²) in [6.07, 6.45) is 3.05. The number of esters is 1. The summed E-state index contributed by atoms with van der Waals surface area (Å²) in [5.74, 6) is -0.120. The molecule has 2 aromatic carbocycles. The Balaban J connectivity index is 1.18. The van der Waals surface area contributed by atoms with Crippen molar-refractivity contribution in [3.8, 4) is 22.5 Å². The highest BCUT2D eigenvalue weighted by atomic mass is 16.5. The second kappa shape index (κ2) is 13.5. The highest BCUT2D eigenvalue weighted by molar-refractivity contribution is 5.96. The molecular formula is C33H38N4O4.